The molecular weight excluding hydrogens is 338 g/mol. The molecule has 0 radical (unpaired) electrons. The monoisotopic (exact) mass is 353 g/mol. The Morgan fingerprint density at radius 3 is 2.64 bits per heavy atom. The SMILES string of the molecule is Cc1cc(C)c2sc(NC(=O)C=Cc3ccc([N+](=O)[O-])cc3)nc2c1. The summed E-state index contributed by atoms with van der Waals surface area (Å²) in [4.78, 5) is 26.6. The highest BCUT2D eigenvalue weighted by atomic mass is 32.1. The zero-order chi connectivity index (χ0) is 18.0. The molecule has 0 unspecified atom stereocenters. The largest absolute Gasteiger partial charge is 0.298 e. The molecule has 7 heteroatoms. The first-order chi connectivity index (χ1) is 11.9. The fourth-order valence-electron chi connectivity index (χ4n) is 2.46. The number of nitrogens with one attached hydrogen (secondary N) is 1. The third-order valence-corrected chi connectivity index (χ3v) is 4.70. The number of fused-ring (bicyclic) bond motifs is 1. The average Bonchev–Trinajstić information content (AvgIpc) is 2.96. The van der Waals surface area contributed by atoms with E-state index in [0.29, 0.717) is 10.7 Å². The molecule has 3 rings (SSSR count). The van der Waals surface area contributed by atoms with Gasteiger partial charge in [-0.2, -0.15) is 0 Å². The van der Waals surface area contributed by atoms with Crippen LogP contribution in [0.1, 0.15) is 16.7 Å². The van der Waals surface area contributed by atoms with E-state index in [1.165, 1.54) is 29.5 Å². The minimum atomic E-state index is -0.461. The van der Waals surface area contributed by atoms with Crippen LogP contribution in [0.2, 0.25) is 0 Å². The molecule has 25 heavy (non-hydrogen) atoms. The number of aryl methyl sites for hydroxylation is 2. The predicted molar refractivity (Wildman–Crippen MR) is 99.9 cm³/mol. The quantitative estimate of drug-likeness (QED) is 0.426. The number of benzene rings is 2. The Kier molecular flexibility index (Phi) is 4.58. The number of amides is 1. The number of aromatic nitrogens is 1. The molecule has 1 amide bonds. The number of nitrogens with zero attached hydrogens (tertiary/aromatic N) is 2. The molecule has 0 saturated carbocycles. The number of hydrogen-bond donors (Lipinski definition) is 1. The van der Waals surface area contributed by atoms with Crippen molar-refractivity contribution in [3.8, 4) is 0 Å². The molecule has 3 aromatic rings. The molecule has 0 saturated heterocycles. The smallest absolute Gasteiger partial charge is 0.269 e. The summed E-state index contributed by atoms with van der Waals surface area (Å²) >= 11 is 1.44. The number of carbonyl (C=O) groups is 1. The summed E-state index contributed by atoms with van der Waals surface area (Å²) in [6, 6.07) is 10.0. The zero-order valence-corrected chi connectivity index (χ0v) is 14.5. The number of hydrogen-bond acceptors (Lipinski definition) is 5. The van der Waals surface area contributed by atoms with E-state index in [1.807, 2.05) is 19.9 Å². The van der Waals surface area contributed by atoms with Crippen LogP contribution in [0.3, 0.4) is 0 Å². The van der Waals surface area contributed by atoms with E-state index >= 15 is 0 Å². The lowest BCUT2D eigenvalue weighted by atomic mass is 10.1. The number of nitro benzene ring substituents is 1. The van der Waals surface area contributed by atoms with E-state index in [9.17, 15) is 14.9 Å². The van der Waals surface area contributed by atoms with Crippen molar-refractivity contribution in [1.29, 1.82) is 0 Å². The molecule has 0 aliphatic carbocycles. The van der Waals surface area contributed by atoms with Gasteiger partial charge in [-0.25, -0.2) is 4.98 Å². The highest BCUT2D eigenvalue weighted by Gasteiger charge is 2.08. The summed E-state index contributed by atoms with van der Waals surface area (Å²) in [6.07, 6.45) is 2.98. The van der Waals surface area contributed by atoms with Crippen LogP contribution in [-0.4, -0.2) is 15.8 Å². The fourth-order valence-corrected chi connectivity index (χ4v) is 3.37. The number of carbonyl (C=O) groups excluding carboxylic acids is 1. The molecule has 0 fully saturated rings. The van der Waals surface area contributed by atoms with E-state index < -0.39 is 4.92 Å². The minimum Gasteiger partial charge on any atom is -0.298 e. The van der Waals surface area contributed by atoms with Crippen molar-refractivity contribution >= 4 is 44.4 Å². The van der Waals surface area contributed by atoms with E-state index in [-0.39, 0.29) is 11.6 Å². The van der Waals surface area contributed by atoms with Gasteiger partial charge in [-0.15, -0.1) is 0 Å². The average molecular weight is 353 g/mol. The molecular formula is C18H15N3O3S. The van der Waals surface area contributed by atoms with E-state index in [0.717, 1.165) is 21.3 Å². The number of thiazole rings is 1. The number of rotatable bonds is 4. The molecule has 126 valence electrons. The molecule has 1 N–H and O–H groups in total. The van der Waals surface area contributed by atoms with Crippen LogP contribution in [-0.2, 0) is 4.79 Å². The molecule has 0 bridgehead atoms. The summed E-state index contributed by atoms with van der Waals surface area (Å²) in [5, 5.41) is 13.9. The van der Waals surface area contributed by atoms with Crippen molar-refractivity contribution < 1.29 is 9.72 Å². The Morgan fingerprint density at radius 2 is 1.96 bits per heavy atom. The fraction of sp³-hybridized carbons (Fsp3) is 0.111. The second-order valence-corrected chi connectivity index (χ2v) is 6.62. The summed E-state index contributed by atoms with van der Waals surface area (Å²) < 4.78 is 1.06. The van der Waals surface area contributed by atoms with E-state index in [4.69, 9.17) is 0 Å². The van der Waals surface area contributed by atoms with Crippen LogP contribution in [0.5, 0.6) is 0 Å². The first-order valence-corrected chi connectivity index (χ1v) is 8.35. The van der Waals surface area contributed by atoms with Crippen LogP contribution in [0, 0.1) is 24.0 Å². The van der Waals surface area contributed by atoms with Gasteiger partial charge in [-0.1, -0.05) is 17.4 Å². The maximum absolute atomic E-state index is 12.1. The van der Waals surface area contributed by atoms with Gasteiger partial charge >= 0.3 is 0 Å². The number of anilines is 1. The van der Waals surface area contributed by atoms with Crippen molar-refractivity contribution in [2.24, 2.45) is 0 Å². The molecule has 0 spiro atoms. The molecule has 2 aromatic carbocycles. The third kappa shape index (κ3) is 3.89. The van der Waals surface area contributed by atoms with Gasteiger partial charge in [0.25, 0.3) is 5.69 Å². The first-order valence-electron chi connectivity index (χ1n) is 7.54. The highest BCUT2D eigenvalue weighted by Crippen LogP contribution is 2.29. The lowest BCUT2D eigenvalue weighted by Gasteiger charge is -1.96. The van der Waals surface area contributed by atoms with Crippen molar-refractivity contribution in [1.82, 2.24) is 4.98 Å². The molecule has 6 nitrogen and oxygen atoms in total. The van der Waals surface area contributed by atoms with Gasteiger partial charge in [0.05, 0.1) is 15.1 Å². The number of nitro groups is 1. The topological polar surface area (TPSA) is 85.1 Å². The summed E-state index contributed by atoms with van der Waals surface area (Å²) in [7, 11) is 0. The van der Waals surface area contributed by atoms with E-state index in [1.54, 1.807) is 18.2 Å². The van der Waals surface area contributed by atoms with Gasteiger partial charge in [0.2, 0.25) is 5.91 Å². The van der Waals surface area contributed by atoms with Crippen molar-refractivity contribution in [2.45, 2.75) is 13.8 Å². The van der Waals surface area contributed by atoms with E-state index in [2.05, 4.69) is 16.4 Å². The highest BCUT2D eigenvalue weighted by molar-refractivity contribution is 7.22. The second-order valence-electron chi connectivity index (χ2n) is 5.62. The lowest BCUT2D eigenvalue weighted by molar-refractivity contribution is -0.384. The summed E-state index contributed by atoms with van der Waals surface area (Å²) in [5.74, 6) is -0.299. The van der Waals surface area contributed by atoms with Crippen molar-refractivity contribution in [3.63, 3.8) is 0 Å². The van der Waals surface area contributed by atoms with Crippen LogP contribution in [0.25, 0.3) is 16.3 Å². The molecule has 1 aromatic heterocycles. The van der Waals surface area contributed by atoms with Crippen LogP contribution < -0.4 is 5.32 Å². The van der Waals surface area contributed by atoms with Gasteiger partial charge in [-0.3, -0.25) is 20.2 Å². The van der Waals surface area contributed by atoms with Crippen molar-refractivity contribution in [2.75, 3.05) is 5.32 Å². The van der Waals surface area contributed by atoms with Crippen LogP contribution >= 0.6 is 11.3 Å². The van der Waals surface area contributed by atoms with Gasteiger partial charge in [0.1, 0.15) is 0 Å². The second kappa shape index (κ2) is 6.82. The minimum absolute atomic E-state index is 0.0155. The van der Waals surface area contributed by atoms with Gasteiger partial charge in [0.15, 0.2) is 5.13 Å². The third-order valence-electron chi connectivity index (χ3n) is 3.58. The van der Waals surface area contributed by atoms with Gasteiger partial charge < -0.3 is 0 Å². The Bertz CT molecular complexity index is 991. The Balaban J connectivity index is 1.71. The lowest BCUT2D eigenvalue weighted by Crippen LogP contribution is -2.07. The normalized spacial score (nSPS) is 11.1. The van der Waals surface area contributed by atoms with Gasteiger partial charge in [0, 0.05) is 18.2 Å². The maximum atomic E-state index is 12.1. The van der Waals surface area contributed by atoms with Gasteiger partial charge in [-0.05, 0) is 54.8 Å². The molecule has 0 aliphatic rings. The maximum Gasteiger partial charge on any atom is 0.269 e. The standard InChI is InChI=1S/C18H15N3O3S/c1-11-9-12(2)17-15(10-11)19-18(25-17)20-16(22)8-5-13-3-6-14(7-4-13)21(23)24/h3-10H,1-2H3,(H,19,20,22). The molecule has 1 heterocycles. The van der Waals surface area contributed by atoms with Crippen molar-refractivity contribution in [3.05, 3.63) is 69.3 Å². The Labute approximate surface area is 148 Å². The summed E-state index contributed by atoms with van der Waals surface area (Å²) in [5.41, 5.74) is 3.86. The first kappa shape index (κ1) is 16.8. The number of non-ortho nitro benzene ring substituents is 1. The predicted octanol–water partition coefficient (Wildman–Crippen LogP) is 4.47. The zero-order valence-electron chi connectivity index (χ0n) is 13.6. The molecule has 0 atom stereocenters. The Hall–Kier alpha value is -3.06. The summed E-state index contributed by atoms with van der Waals surface area (Å²) in [6.45, 7) is 4.03. The molecule has 0 aliphatic heterocycles. The Morgan fingerprint density at radius 1 is 1.24 bits per heavy atom. The van der Waals surface area contributed by atoms with Crippen LogP contribution in [0.4, 0.5) is 10.8 Å². The van der Waals surface area contributed by atoms with Crippen LogP contribution in [0.15, 0.2) is 42.5 Å².